The van der Waals surface area contributed by atoms with E-state index in [2.05, 4.69) is 5.32 Å². The standard InChI is InChI=1S/C18H23F2NO3/c1-2-17(12-15(22)23,14-6-4-3-5-7-14)21-16(24)13-8-10-18(19,20)11-9-13/h3-7,13H,2,8-12H2,1H3,(H,21,24)(H,22,23)/t17-/m0/s1. The van der Waals surface area contributed by atoms with Gasteiger partial charge in [0.1, 0.15) is 0 Å². The number of carbonyl (C=O) groups is 2. The number of carbonyl (C=O) groups excluding carboxylic acids is 1. The second-order valence-electron chi connectivity index (χ2n) is 6.49. The van der Waals surface area contributed by atoms with Crippen LogP contribution in [0.5, 0.6) is 0 Å². The highest BCUT2D eigenvalue weighted by atomic mass is 19.3. The van der Waals surface area contributed by atoms with Crippen LogP contribution in [0.15, 0.2) is 30.3 Å². The SMILES string of the molecule is CC[C@@](CC(=O)O)(NC(=O)C1CCC(F)(F)CC1)c1ccccc1. The molecule has 132 valence electrons. The van der Waals surface area contributed by atoms with E-state index in [-0.39, 0.29) is 38.0 Å². The molecule has 1 fully saturated rings. The average Bonchev–Trinajstić information content (AvgIpc) is 2.54. The Kier molecular flexibility index (Phi) is 5.57. The van der Waals surface area contributed by atoms with Gasteiger partial charge in [0.2, 0.25) is 11.8 Å². The summed E-state index contributed by atoms with van der Waals surface area (Å²) in [7, 11) is 0. The van der Waals surface area contributed by atoms with E-state index in [0.29, 0.717) is 12.0 Å². The predicted molar refractivity (Wildman–Crippen MR) is 85.7 cm³/mol. The van der Waals surface area contributed by atoms with E-state index < -0.39 is 23.3 Å². The van der Waals surface area contributed by atoms with Crippen LogP contribution in [0.3, 0.4) is 0 Å². The van der Waals surface area contributed by atoms with Crippen LogP contribution >= 0.6 is 0 Å². The fraction of sp³-hybridized carbons (Fsp3) is 0.556. The molecule has 0 heterocycles. The van der Waals surface area contributed by atoms with Crippen LogP contribution in [0.4, 0.5) is 8.78 Å². The van der Waals surface area contributed by atoms with Gasteiger partial charge in [-0.1, -0.05) is 37.3 Å². The molecule has 1 saturated carbocycles. The molecular formula is C18H23F2NO3. The van der Waals surface area contributed by atoms with E-state index in [1.165, 1.54) is 0 Å². The molecule has 0 saturated heterocycles. The zero-order valence-corrected chi connectivity index (χ0v) is 13.7. The lowest BCUT2D eigenvalue weighted by atomic mass is 9.81. The first-order chi connectivity index (χ1) is 11.3. The van der Waals surface area contributed by atoms with Gasteiger partial charge in [0, 0.05) is 18.8 Å². The number of rotatable bonds is 6. The Balaban J connectivity index is 2.19. The average molecular weight is 339 g/mol. The fourth-order valence-electron chi connectivity index (χ4n) is 3.29. The zero-order chi connectivity index (χ0) is 17.8. The molecule has 4 nitrogen and oxygen atoms in total. The third-order valence-corrected chi connectivity index (χ3v) is 4.83. The molecule has 0 radical (unpaired) electrons. The summed E-state index contributed by atoms with van der Waals surface area (Å²) < 4.78 is 26.5. The number of amides is 1. The molecule has 0 aliphatic heterocycles. The molecule has 1 aromatic carbocycles. The van der Waals surface area contributed by atoms with Crippen molar-refractivity contribution in [3.63, 3.8) is 0 Å². The summed E-state index contributed by atoms with van der Waals surface area (Å²) in [4.78, 5) is 23.9. The van der Waals surface area contributed by atoms with E-state index in [1.807, 2.05) is 13.0 Å². The summed E-state index contributed by atoms with van der Waals surface area (Å²) >= 11 is 0. The Hall–Kier alpha value is -1.98. The maximum atomic E-state index is 13.3. The largest absolute Gasteiger partial charge is 0.481 e. The molecule has 2 N–H and O–H groups in total. The number of hydrogen-bond acceptors (Lipinski definition) is 2. The molecule has 0 spiro atoms. The Morgan fingerprint density at radius 1 is 1.25 bits per heavy atom. The smallest absolute Gasteiger partial charge is 0.306 e. The number of hydrogen-bond donors (Lipinski definition) is 2. The van der Waals surface area contributed by atoms with Crippen molar-refractivity contribution in [1.82, 2.24) is 5.32 Å². The van der Waals surface area contributed by atoms with Crippen molar-refractivity contribution in [2.75, 3.05) is 0 Å². The number of carboxylic acids is 1. The van der Waals surface area contributed by atoms with Crippen LogP contribution in [-0.4, -0.2) is 22.9 Å². The first kappa shape index (κ1) is 18.4. The van der Waals surface area contributed by atoms with E-state index >= 15 is 0 Å². The summed E-state index contributed by atoms with van der Waals surface area (Å²) in [6.45, 7) is 1.81. The zero-order valence-electron chi connectivity index (χ0n) is 13.7. The second-order valence-corrected chi connectivity index (χ2v) is 6.49. The summed E-state index contributed by atoms with van der Waals surface area (Å²) in [5.41, 5.74) is -0.311. The lowest BCUT2D eigenvalue weighted by molar-refractivity contribution is -0.140. The Labute approximate surface area is 140 Å². The highest BCUT2D eigenvalue weighted by Crippen LogP contribution is 2.37. The first-order valence-electron chi connectivity index (χ1n) is 8.25. The Morgan fingerprint density at radius 2 is 1.83 bits per heavy atom. The van der Waals surface area contributed by atoms with Crippen molar-refractivity contribution in [3.8, 4) is 0 Å². The molecule has 1 aromatic rings. The van der Waals surface area contributed by atoms with Crippen LogP contribution in [0.1, 0.15) is 51.0 Å². The van der Waals surface area contributed by atoms with Gasteiger partial charge >= 0.3 is 5.97 Å². The predicted octanol–water partition coefficient (Wildman–Crippen LogP) is 3.71. The molecule has 0 aromatic heterocycles. The Bertz CT molecular complexity index is 581. The normalized spacial score (nSPS) is 20.1. The van der Waals surface area contributed by atoms with E-state index in [1.54, 1.807) is 24.3 Å². The molecule has 1 atom stereocenters. The van der Waals surface area contributed by atoms with Crippen LogP contribution in [-0.2, 0) is 15.1 Å². The number of carboxylic acid groups (broad SMARTS) is 1. The quantitative estimate of drug-likeness (QED) is 0.830. The van der Waals surface area contributed by atoms with E-state index in [0.717, 1.165) is 0 Å². The number of aliphatic carboxylic acids is 1. The monoisotopic (exact) mass is 339 g/mol. The highest BCUT2D eigenvalue weighted by Gasteiger charge is 2.40. The van der Waals surface area contributed by atoms with Crippen molar-refractivity contribution in [2.24, 2.45) is 5.92 Å². The molecule has 1 amide bonds. The number of alkyl halides is 2. The highest BCUT2D eigenvalue weighted by molar-refractivity contribution is 5.81. The molecule has 1 aliphatic rings. The van der Waals surface area contributed by atoms with Gasteiger partial charge in [0.05, 0.1) is 12.0 Å². The maximum Gasteiger partial charge on any atom is 0.306 e. The summed E-state index contributed by atoms with van der Waals surface area (Å²) in [5.74, 6) is -4.54. The number of halogens is 2. The van der Waals surface area contributed by atoms with Gasteiger partial charge in [-0.2, -0.15) is 0 Å². The molecule has 0 unspecified atom stereocenters. The lowest BCUT2D eigenvalue weighted by Crippen LogP contribution is -2.50. The topological polar surface area (TPSA) is 66.4 Å². The number of benzene rings is 1. The number of nitrogens with one attached hydrogen (secondary N) is 1. The fourth-order valence-corrected chi connectivity index (χ4v) is 3.29. The minimum atomic E-state index is -2.70. The summed E-state index contributed by atoms with van der Waals surface area (Å²) in [6.07, 6.45) is -0.190. The Morgan fingerprint density at radius 3 is 2.33 bits per heavy atom. The second kappa shape index (κ2) is 7.28. The van der Waals surface area contributed by atoms with Crippen molar-refractivity contribution in [3.05, 3.63) is 35.9 Å². The van der Waals surface area contributed by atoms with Crippen LogP contribution in [0.2, 0.25) is 0 Å². The first-order valence-corrected chi connectivity index (χ1v) is 8.25. The third-order valence-electron chi connectivity index (χ3n) is 4.83. The van der Waals surface area contributed by atoms with Gasteiger partial charge < -0.3 is 10.4 Å². The van der Waals surface area contributed by atoms with E-state index in [9.17, 15) is 23.5 Å². The minimum absolute atomic E-state index is 0.125. The van der Waals surface area contributed by atoms with Crippen LogP contribution in [0, 0.1) is 5.92 Å². The summed E-state index contributed by atoms with van der Waals surface area (Å²) in [5, 5.41) is 12.1. The van der Waals surface area contributed by atoms with Gasteiger partial charge in [-0.15, -0.1) is 0 Å². The van der Waals surface area contributed by atoms with Gasteiger partial charge in [-0.3, -0.25) is 9.59 Å². The van der Waals surface area contributed by atoms with Crippen molar-refractivity contribution < 1.29 is 23.5 Å². The van der Waals surface area contributed by atoms with Gasteiger partial charge in [-0.05, 0) is 24.8 Å². The molecule has 0 bridgehead atoms. The molecule has 2 rings (SSSR count). The minimum Gasteiger partial charge on any atom is -0.481 e. The van der Waals surface area contributed by atoms with Crippen molar-refractivity contribution in [1.29, 1.82) is 0 Å². The van der Waals surface area contributed by atoms with Gasteiger partial charge in [0.15, 0.2) is 0 Å². The van der Waals surface area contributed by atoms with E-state index in [4.69, 9.17) is 0 Å². The molecule has 24 heavy (non-hydrogen) atoms. The lowest BCUT2D eigenvalue weighted by Gasteiger charge is -2.36. The molecule has 1 aliphatic carbocycles. The van der Waals surface area contributed by atoms with Crippen molar-refractivity contribution >= 4 is 11.9 Å². The molecular weight excluding hydrogens is 316 g/mol. The summed E-state index contributed by atoms with van der Waals surface area (Å²) in [6, 6.07) is 8.95. The van der Waals surface area contributed by atoms with Gasteiger partial charge in [0.25, 0.3) is 0 Å². The van der Waals surface area contributed by atoms with Crippen LogP contribution in [0.25, 0.3) is 0 Å². The van der Waals surface area contributed by atoms with Crippen molar-refractivity contribution in [2.45, 2.75) is 56.9 Å². The third kappa shape index (κ3) is 4.30. The van der Waals surface area contributed by atoms with Crippen LogP contribution < -0.4 is 5.32 Å². The maximum absolute atomic E-state index is 13.3. The molecule has 6 heteroatoms. The van der Waals surface area contributed by atoms with Gasteiger partial charge in [-0.25, -0.2) is 8.78 Å².